The monoisotopic (exact) mass is 240 g/mol. The van der Waals surface area contributed by atoms with Crippen molar-refractivity contribution in [2.75, 3.05) is 5.73 Å². The summed E-state index contributed by atoms with van der Waals surface area (Å²) in [5.41, 5.74) is 9.18. The molecule has 3 aromatic rings. The summed E-state index contributed by atoms with van der Waals surface area (Å²) in [6, 6.07) is 9.37. The first kappa shape index (κ1) is 10.6. The van der Waals surface area contributed by atoms with Crippen molar-refractivity contribution >= 4 is 5.69 Å². The van der Waals surface area contributed by atoms with Crippen LogP contribution in [0, 0.1) is 6.92 Å². The highest BCUT2D eigenvalue weighted by atomic mass is 16.5. The van der Waals surface area contributed by atoms with Crippen LogP contribution >= 0.6 is 0 Å². The average molecular weight is 240 g/mol. The SMILES string of the molecule is Cc1cc(N)ccc1-c1nc(-c2ccc[nH]2)no1. The first-order valence-electron chi connectivity index (χ1n) is 5.58. The number of nitrogens with zero attached hydrogens (tertiary/aromatic N) is 2. The Bertz CT molecular complexity index is 670. The number of H-pyrrole nitrogens is 1. The van der Waals surface area contributed by atoms with E-state index in [4.69, 9.17) is 10.3 Å². The molecule has 0 aliphatic carbocycles. The summed E-state index contributed by atoms with van der Waals surface area (Å²) in [4.78, 5) is 7.40. The topological polar surface area (TPSA) is 80.7 Å². The number of aromatic amines is 1. The summed E-state index contributed by atoms with van der Waals surface area (Å²) in [6.07, 6.45) is 1.82. The van der Waals surface area contributed by atoms with Gasteiger partial charge in [0.1, 0.15) is 0 Å². The van der Waals surface area contributed by atoms with Gasteiger partial charge in [-0.05, 0) is 42.8 Å². The largest absolute Gasteiger partial charge is 0.399 e. The number of hydrogen-bond donors (Lipinski definition) is 2. The lowest BCUT2D eigenvalue weighted by atomic mass is 10.1. The van der Waals surface area contributed by atoms with Crippen LogP contribution in [-0.2, 0) is 0 Å². The minimum absolute atomic E-state index is 0.497. The van der Waals surface area contributed by atoms with E-state index in [1.54, 1.807) is 0 Å². The third-order valence-corrected chi connectivity index (χ3v) is 2.75. The van der Waals surface area contributed by atoms with Crippen molar-refractivity contribution in [1.29, 1.82) is 0 Å². The Morgan fingerprint density at radius 2 is 2.17 bits per heavy atom. The predicted octanol–water partition coefficient (Wildman–Crippen LogP) is 2.62. The first-order chi connectivity index (χ1) is 8.74. The van der Waals surface area contributed by atoms with Gasteiger partial charge < -0.3 is 15.2 Å². The molecule has 2 heterocycles. The maximum absolute atomic E-state index is 5.72. The van der Waals surface area contributed by atoms with Gasteiger partial charge in [0.15, 0.2) is 0 Å². The highest BCUT2D eigenvalue weighted by molar-refractivity contribution is 5.64. The smallest absolute Gasteiger partial charge is 0.258 e. The molecule has 0 fully saturated rings. The maximum Gasteiger partial charge on any atom is 0.258 e. The number of aryl methyl sites for hydroxylation is 1. The van der Waals surface area contributed by atoms with E-state index >= 15 is 0 Å². The molecule has 0 atom stereocenters. The molecule has 3 N–H and O–H groups in total. The van der Waals surface area contributed by atoms with Crippen molar-refractivity contribution in [2.24, 2.45) is 0 Å². The Balaban J connectivity index is 2.03. The lowest BCUT2D eigenvalue weighted by molar-refractivity contribution is 0.432. The van der Waals surface area contributed by atoms with Crippen LogP contribution in [0.5, 0.6) is 0 Å². The van der Waals surface area contributed by atoms with E-state index in [2.05, 4.69) is 15.1 Å². The van der Waals surface area contributed by atoms with Crippen LogP contribution in [0.4, 0.5) is 5.69 Å². The molecule has 0 saturated carbocycles. The van der Waals surface area contributed by atoms with Gasteiger partial charge in [-0.1, -0.05) is 5.16 Å². The summed E-state index contributed by atoms with van der Waals surface area (Å²) in [5.74, 6) is 1.04. The maximum atomic E-state index is 5.72. The number of nitrogens with one attached hydrogen (secondary N) is 1. The molecule has 0 spiro atoms. The second-order valence-corrected chi connectivity index (χ2v) is 4.08. The van der Waals surface area contributed by atoms with Crippen molar-refractivity contribution in [1.82, 2.24) is 15.1 Å². The quantitative estimate of drug-likeness (QED) is 0.675. The summed E-state index contributed by atoms with van der Waals surface area (Å²) in [6.45, 7) is 1.96. The molecule has 2 aromatic heterocycles. The van der Waals surface area contributed by atoms with Gasteiger partial charge in [-0.25, -0.2) is 0 Å². The lowest BCUT2D eigenvalue weighted by Crippen LogP contribution is -1.88. The van der Waals surface area contributed by atoms with Crippen LogP contribution in [0.15, 0.2) is 41.1 Å². The second kappa shape index (κ2) is 4.03. The van der Waals surface area contributed by atoms with Gasteiger partial charge in [0.25, 0.3) is 5.89 Å². The number of anilines is 1. The van der Waals surface area contributed by atoms with Crippen molar-refractivity contribution in [2.45, 2.75) is 6.92 Å². The number of aromatic nitrogens is 3. The van der Waals surface area contributed by atoms with Gasteiger partial charge in [-0.2, -0.15) is 4.98 Å². The normalized spacial score (nSPS) is 10.7. The van der Waals surface area contributed by atoms with Gasteiger partial charge >= 0.3 is 0 Å². The van der Waals surface area contributed by atoms with Crippen molar-refractivity contribution in [3.8, 4) is 23.0 Å². The molecule has 0 unspecified atom stereocenters. The highest BCUT2D eigenvalue weighted by Crippen LogP contribution is 2.25. The molecule has 5 heteroatoms. The molecule has 1 aromatic carbocycles. The molecular formula is C13H12N4O. The molecule has 90 valence electrons. The third kappa shape index (κ3) is 1.75. The van der Waals surface area contributed by atoms with Crippen molar-refractivity contribution in [3.63, 3.8) is 0 Å². The predicted molar refractivity (Wildman–Crippen MR) is 68.7 cm³/mol. The molecule has 0 aliphatic rings. The molecule has 5 nitrogen and oxygen atoms in total. The van der Waals surface area contributed by atoms with Crippen LogP contribution in [0.25, 0.3) is 23.0 Å². The lowest BCUT2D eigenvalue weighted by Gasteiger charge is -2.00. The summed E-state index contributed by atoms with van der Waals surface area (Å²) in [5, 5.41) is 3.95. The molecule has 3 rings (SSSR count). The number of nitrogen functional groups attached to an aromatic ring is 1. The van der Waals surface area contributed by atoms with Crippen LogP contribution in [0.2, 0.25) is 0 Å². The van der Waals surface area contributed by atoms with E-state index in [0.29, 0.717) is 11.7 Å². The van der Waals surface area contributed by atoms with E-state index < -0.39 is 0 Å². The average Bonchev–Trinajstić information content (AvgIpc) is 2.99. The second-order valence-electron chi connectivity index (χ2n) is 4.08. The summed E-state index contributed by atoms with van der Waals surface area (Å²) < 4.78 is 5.27. The van der Waals surface area contributed by atoms with Gasteiger partial charge in [-0.15, -0.1) is 0 Å². The van der Waals surface area contributed by atoms with E-state index in [9.17, 15) is 0 Å². The minimum Gasteiger partial charge on any atom is -0.399 e. The molecule has 0 amide bonds. The number of benzene rings is 1. The molecule has 0 aliphatic heterocycles. The van der Waals surface area contributed by atoms with Gasteiger partial charge in [0, 0.05) is 17.4 Å². The van der Waals surface area contributed by atoms with Gasteiger partial charge in [-0.3, -0.25) is 0 Å². The standard InChI is InChI=1S/C13H12N4O/c1-8-7-9(14)4-5-10(8)13-16-12(17-18-13)11-3-2-6-15-11/h2-7,15H,14H2,1H3. The number of hydrogen-bond acceptors (Lipinski definition) is 4. The Morgan fingerprint density at radius 1 is 1.28 bits per heavy atom. The van der Waals surface area contributed by atoms with Crippen molar-refractivity contribution in [3.05, 3.63) is 42.1 Å². The third-order valence-electron chi connectivity index (χ3n) is 2.75. The number of nitrogens with two attached hydrogens (primary N) is 1. The fourth-order valence-corrected chi connectivity index (χ4v) is 1.84. The van der Waals surface area contributed by atoms with Crippen LogP contribution in [-0.4, -0.2) is 15.1 Å². The fourth-order valence-electron chi connectivity index (χ4n) is 1.84. The zero-order valence-corrected chi connectivity index (χ0v) is 9.84. The molecular weight excluding hydrogens is 228 g/mol. The Morgan fingerprint density at radius 3 is 2.89 bits per heavy atom. The van der Waals surface area contributed by atoms with Crippen LogP contribution in [0.3, 0.4) is 0 Å². The number of rotatable bonds is 2. The molecule has 0 radical (unpaired) electrons. The Kier molecular flexibility index (Phi) is 2.37. The van der Waals surface area contributed by atoms with Crippen LogP contribution in [0.1, 0.15) is 5.56 Å². The molecule has 0 bridgehead atoms. The summed E-state index contributed by atoms with van der Waals surface area (Å²) in [7, 11) is 0. The molecule has 0 saturated heterocycles. The zero-order chi connectivity index (χ0) is 12.5. The van der Waals surface area contributed by atoms with E-state index in [1.807, 2.05) is 43.5 Å². The summed E-state index contributed by atoms with van der Waals surface area (Å²) >= 11 is 0. The first-order valence-corrected chi connectivity index (χ1v) is 5.58. The van der Waals surface area contributed by atoms with Crippen LogP contribution < -0.4 is 5.73 Å². The fraction of sp³-hybridized carbons (Fsp3) is 0.0769. The van der Waals surface area contributed by atoms with E-state index in [0.717, 1.165) is 22.5 Å². The van der Waals surface area contributed by atoms with Crippen molar-refractivity contribution < 1.29 is 4.52 Å². The van der Waals surface area contributed by atoms with Gasteiger partial charge in [0.2, 0.25) is 5.82 Å². The minimum atomic E-state index is 0.497. The highest BCUT2D eigenvalue weighted by Gasteiger charge is 2.12. The molecule has 18 heavy (non-hydrogen) atoms. The van der Waals surface area contributed by atoms with Gasteiger partial charge in [0.05, 0.1) is 5.69 Å². The van der Waals surface area contributed by atoms with E-state index in [-0.39, 0.29) is 0 Å². The Hall–Kier alpha value is -2.56. The van der Waals surface area contributed by atoms with E-state index in [1.165, 1.54) is 0 Å². The Labute approximate surface area is 104 Å². The zero-order valence-electron chi connectivity index (χ0n) is 9.84.